The van der Waals surface area contributed by atoms with E-state index >= 15 is 0 Å². The number of hydrogen-bond acceptors (Lipinski definition) is 2. The molecule has 4 rings (SSSR count). The Labute approximate surface area is 128 Å². The van der Waals surface area contributed by atoms with Gasteiger partial charge in [0.1, 0.15) is 3.70 Å². The third kappa shape index (κ3) is 1.82. The molecular weight excluding hydrogens is 349 g/mol. The molecule has 1 saturated heterocycles. The minimum atomic E-state index is 0.488. The largest absolute Gasteiger partial charge is 0.306 e. The van der Waals surface area contributed by atoms with Crippen molar-refractivity contribution in [2.45, 2.75) is 32.2 Å². The van der Waals surface area contributed by atoms with Crippen molar-refractivity contribution in [1.82, 2.24) is 14.7 Å². The molecule has 0 spiro atoms. The maximum absolute atomic E-state index is 4.69. The zero-order chi connectivity index (χ0) is 13.3. The second-order valence-corrected chi connectivity index (χ2v) is 8.18. The Bertz CT molecular complexity index is 509. The van der Waals surface area contributed by atoms with E-state index in [9.17, 15) is 0 Å². The van der Waals surface area contributed by atoms with E-state index in [1.54, 1.807) is 0 Å². The minimum absolute atomic E-state index is 0.488. The van der Waals surface area contributed by atoms with Gasteiger partial charge in [0.25, 0.3) is 0 Å². The molecule has 2 saturated carbocycles. The summed E-state index contributed by atoms with van der Waals surface area (Å²) in [7, 11) is 2.28. The van der Waals surface area contributed by atoms with E-state index in [1.165, 1.54) is 25.2 Å². The highest BCUT2D eigenvalue weighted by Gasteiger charge is 2.64. The van der Waals surface area contributed by atoms with Crippen LogP contribution in [0.15, 0.2) is 6.07 Å². The first-order valence-electron chi connectivity index (χ1n) is 7.49. The van der Waals surface area contributed by atoms with Crippen LogP contribution in [0.2, 0.25) is 0 Å². The maximum atomic E-state index is 4.69. The zero-order valence-electron chi connectivity index (χ0n) is 11.9. The van der Waals surface area contributed by atoms with E-state index in [0.717, 1.165) is 33.3 Å². The van der Waals surface area contributed by atoms with Crippen LogP contribution in [0.1, 0.15) is 37.9 Å². The number of aromatic nitrogens is 2. The molecule has 3 nitrogen and oxygen atoms in total. The first-order valence-corrected chi connectivity index (χ1v) is 8.57. The molecule has 104 valence electrons. The second kappa shape index (κ2) is 4.20. The fourth-order valence-electron chi connectivity index (χ4n) is 4.90. The molecule has 2 aliphatic carbocycles. The van der Waals surface area contributed by atoms with Gasteiger partial charge < -0.3 is 4.90 Å². The highest BCUT2D eigenvalue weighted by molar-refractivity contribution is 14.1. The van der Waals surface area contributed by atoms with Gasteiger partial charge in [-0.05, 0) is 79.6 Å². The summed E-state index contributed by atoms with van der Waals surface area (Å²) < 4.78 is 3.43. The molecule has 4 heteroatoms. The highest BCUT2D eigenvalue weighted by Crippen LogP contribution is 2.68. The zero-order valence-corrected chi connectivity index (χ0v) is 14.0. The first kappa shape index (κ1) is 12.6. The Morgan fingerprint density at radius 1 is 1.32 bits per heavy atom. The summed E-state index contributed by atoms with van der Waals surface area (Å²) in [6, 6.07) is 2.82. The van der Waals surface area contributed by atoms with Crippen molar-refractivity contribution in [1.29, 1.82) is 0 Å². The van der Waals surface area contributed by atoms with Crippen molar-refractivity contribution in [3.8, 4) is 0 Å². The van der Waals surface area contributed by atoms with E-state index in [-0.39, 0.29) is 0 Å². The number of nitrogens with zero attached hydrogens (tertiary/aromatic N) is 3. The smallest absolute Gasteiger partial charge is 0.123 e. The van der Waals surface area contributed by atoms with Crippen LogP contribution >= 0.6 is 22.6 Å². The third-order valence-electron chi connectivity index (χ3n) is 5.54. The summed E-state index contributed by atoms with van der Waals surface area (Å²) in [5, 5.41) is 4.69. The topological polar surface area (TPSA) is 21.1 Å². The SMILES string of the molecule is CC(C)n1nc(I)cc1C1[C@H]2C3CN(C)C[C@@H]3C[C@@H]12. The predicted molar refractivity (Wildman–Crippen MR) is 84.1 cm³/mol. The van der Waals surface area contributed by atoms with Gasteiger partial charge in [-0.2, -0.15) is 5.10 Å². The molecule has 1 aromatic rings. The van der Waals surface area contributed by atoms with E-state index in [4.69, 9.17) is 5.10 Å². The van der Waals surface area contributed by atoms with Crippen LogP contribution < -0.4 is 0 Å². The van der Waals surface area contributed by atoms with E-state index in [1.807, 2.05) is 0 Å². The van der Waals surface area contributed by atoms with Gasteiger partial charge in [0, 0.05) is 30.7 Å². The summed E-state index contributed by atoms with van der Waals surface area (Å²) in [5.41, 5.74) is 1.52. The van der Waals surface area contributed by atoms with Gasteiger partial charge in [0.05, 0.1) is 0 Å². The van der Waals surface area contributed by atoms with Gasteiger partial charge in [0.2, 0.25) is 0 Å². The van der Waals surface area contributed by atoms with Crippen LogP contribution in [0, 0.1) is 27.4 Å². The van der Waals surface area contributed by atoms with Crippen molar-refractivity contribution in [2.75, 3.05) is 20.1 Å². The van der Waals surface area contributed by atoms with Gasteiger partial charge in [0.15, 0.2) is 0 Å². The normalized spacial score (nSPS) is 40.8. The van der Waals surface area contributed by atoms with Crippen LogP contribution in [-0.4, -0.2) is 34.8 Å². The van der Waals surface area contributed by atoms with Gasteiger partial charge in [-0.15, -0.1) is 0 Å². The molecule has 2 heterocycles. The lowest BCUT2D eigenvalue weighted by atomic mass is 9.91. The quantitative estimate of drug-likeness (QED) is 0.746. The molecule has 0 bridgehead atoms. The number of hydrogen-bond donors (Lipinski definition) is 0. The van der Waals surface area contributed by atoms with Crippen LogP contribution in [0.25, 0.3) is 0 Å². The Morgan fingerprint density at radius 2 is 2.11 bits per heavy atom. The van der Waals surface area contributed by atoms with Gasteiger partial charge in [-0.25, -0.2) is 0 Å². The fraction of sp³-hybridized carbons (Fsp3) is 0.800. The lowest BCUT2D eigenvalue weighted by molar-refractivity contribution is 0.375. The van der Waals surface area contributed by atoms with Crippen LogP contribution in [-0.2, 0) is 0 Å². The Balaban J connectivity index is 1.60. The molecule has 2 unspecified atom stereocenters. The van der Waals surface area contributed by atoms with Crippen LogP contribution in [0.5, 0.6) is 0 Å². The average molecular weight is 371 g/mol. The van der Waals surface area contributed by atoms with Gasteiger partial charge in [-0.1, -0.05) is 0 Å². The molecule has 0 radical (unpaired) electrons. The molecule has 1 aliphatic heterocycles. The van der Waals surface area contributed by atoms with E-state index < -0.39 is 0 Å². The minimum Gasteiger partial charge on any atom is -0.306 e. The highest BCUT2D eigenvalue weighted by atomic mass is 127. The Hall–Kier alpha value is -0.100. The number of likely N-dealkylation sites (tertiary alicyclic amines) is 1. The third-order valence-corrected chi connectivity index (χ3v) is 6.07. The maximum Gasteiger partial charge on any atom is 0.123 e. The van der Waals surface area contributed by atoms with Crippen molar-refractivity contribution in [3.05, 3.63) is 15.5 Å². The summed E-state index contributed by atoms with van der Waals surface area (Å²) in [4.78, 5) is 2.53. The molecule has 3 aliphatic rings. The molecule has 0 N–H and O–H groups in total. The number of rotatable bonds is 2. The van der Waals surface area contributed by atoms with Crippen molar-refractivity contribution >= 4 is 22.6 Å². The summed E-state index contributed by atoms with van der Waals surface area (Å²) >= 11 is 2.36. The summed E-state index contributed by atoms with van der Waals surface area (Å²) in [5.74, 6) is 4.69. The van der Waals surface area contributed by atoms with Crippen molar-refractivity contribution in [3.63, 3.8) is 0 Å². The van der Waals surface area contributed by atoms with Crippen LogP contribution in [0.3, 0.4) is 0 Å². The lowest BCUT2D eigenvalue weighted by Crippen LogP contribution is -2.15. The molecule has 19 heavy (non-hydrogen) atoms. The van der Waals surface area contributed by atoms with E-state index in [0.29, 0.717) is 6.04 Å². The van der Waals surface area contributed by atoms with E-state index in [2.05, 4.69) is 59.1 Å². The predicted octanol–water partition coefficient (Wildman–Crippen LogP) is 2.98. The molecule has 3 fully saturated rings. The Kier molecular flexibility index (Phi) is 2.79. The van der Waals surface area contributed by atoms with Crippen molar-refractivity contribution in [2.24, 2.45) is 23.7 Å². The number of halogens is 1. The fourth-order valence-corrected chi connectivity index (χ4v) is 5.45. The molecular formula is C15H22IN3. The monoisotopic (exact) mass is 371 g/mol. The van der Waals surface area contributed by atoms with Gasteiger partial charge >= 0.3 is 0 Å². The first-order chi connectivity index (χ1) is 9.06. The molecule has 0 amide bonds. The summed E-state index contributed by atoms with van der Waals surface area (Å²) in [6.07, 6.45) is 1.46. The Morgan fingerprint density at radius 3 is 2.84 bits per heavy atom. The van der Waals surface area contributed by atoms with Gasteiger partial charge in [-0.3, -0.25) is 4.68 Å². The molecule has 5 atom stereocenters. The second-order valence-electron chi connectivity index (χ2n) is 7.08. The molecule has 0 aromatic carbocycles. The van der Waals surface area contributed by atoms with Crippen molar-refractivity contribution < 1.29 is 0 Å². The summed E-state index contributed by atoms with van der Waals surface area (Å²) in [6.45, 7) is 7.16. The number of fused-ring (bicyclic) bond motifs is 3. The van der Waals surface area contributed by atoms with Crippen LogP contribution in [0.4, 0.5) is 0 Å². The molecule has 1 aromatic heterocycles. The standard InChI is InChI=1S/C15H22IN3/c1-8(2)19-12(5-13(16)17-19)15-10-4-9-6-18(3)7-11(9)14(10)15/h5,8-11,14-15H,4,6-7H2,1-3H3/t9-,10+,11?,14+,15?/m0/s1. The average Bonchev–Trinajstić information content (AvgIpc) is 2.62. The lowest BCUT2D eigenvalue weighted by Gasteiger charge is -2.17.